The molecule has 2 heteroatoms. The Morgan fingerprint density at radius 1 is 1.22 bits per heavy atom. The lowest BCUT2D eigenvalue weighted by molar-refractivity contribution is 0.0383. The third kappa shape index (κ3) is 1.07. The van der Waals surface area contributed by atoms with E-state index in [0.717, 1.165) is 26.3 Å². The van der Waals surface area contributed by atoms with Gasteiger partial charge in [0.05, 0.1) is 13.2 Å². The fourth-order valence-corrected chi connectivity index (χ4v) is 1.06. The largest absolute Gasteiger partial charge is 0.379 e. The van der Waals surface area contributed by atoms with Gasteiger partial charge in [-0.1, -0.05) is 11.8 Å². The Kier molecular flexibility index (Phi) is 1.18. The van der Waals surface area contributed by atoms with Gasteiger partial charge in [-0.2, -0.15) is 0 Å². The Balaban J connectivity index is 1.81. The molecule has 2 rings (SSSR count). The van der Waals surface area contributed by atoms with Gasteiger partial charge in [-0.25, -0.2) is 0 Å². The highest BCUT2D eigenvalue weighted by atomic mass is 16.5. The Morgan fingerprint density at radius 3 is 2.44 bits per heavy atom. The van der Waals surface area contributed by atoms with E-state index in [1.165, 1.54) is 0 Å². The molecule has 1 aliphatic carbocycles. The van der Waals surface area contributed by atoms with E-state index in [-0.39, 0.29) is 0 Å². The van der Waals surface area contributed by atoms with E-state index in [2.05, 4.69) is 16.7 Å². The minimum atomic E-state index is 0.439. The van der Waals surface area contributed by atoms with Crippen LogP contribution in [0.2, 0.25) is 0 Å². The molecule has 0 spiro atoms. The minimum absolute atomic E-state index is 0.439. The summed E-state index contributed by atoms with van der Waals surface area (Å²) in [4.78, 5) is 2.32. The molecule has 2 nitrogen and oxygen atoms in total. The quantitative estimate of drug-likeness (QED) is 0.444. The zero-order valence-corrected chi connectivity index (χ0v) is 5.26. The van der Waals surface area contributed by atoms with Crippen LogP contribution in [-0.4, -0.2) is 37.2 Å². The average molecular weight is 123 g/mol. The molecule has 2 aliphatic rings. The Morgan fingerprint density at radius 2 is 1.89 bits per heavy atom. The summed E-state index contributed by atoms with van der Waals surface area (Å²) in [6, 6.07) is 0.439. The van der Waals surface area contributed by atoms with Gasteiger partial charge in [-0.05, 0) is 0 Å². The average Bonchev–Trinajstić information content (AvgIpc) is 2.71. The molecule has 0 N–H and O–H groups in total. The second-order valence-electron chi connectivity index (χ2n) is 2.34. The van der Waals surface area contributed by atoms with Crippen molar-refractivity contribution in [1.29, 1.82) is 0 Å². The maximum absolute atomic E-state index is 5.18. The van der Waals surface area contributed by atoms with Crippen LogP contribution in [0.25, 0.3) is 0 Å². The predicted octanol–water partition coefficient (Wildman–Crippen LogP) is -0.296. The van der Waals surface area contributed by atoms with Crippen molar-refractivity contribution in [2.24, 2.45) is 0 Å². The van der Waals surface area contributed by atoms with E-state index in [0.29, 0.717) is 6.04 Å². The van der Waals surface area contributed by atoms with Crippen LogP contribution in [0, 0.1) is 11.8 Å². The summed E-state index contributed by atoms with van der Waals surface area (Å²) in [6.07, 6.45) is 0. The monoisotopic (exact) mass is 123 g/mol. The van der Waals surface area contributed by atoms with E-state index < -0.39 is 0 Å². The summed E-state index contributed by atoms with van der Waals surface area (Å²) in [7, 11) is 0. The lowest BCUT2D eigenvalue weighted by atomic mass is 10.4. The smallest absolute Gasteiger partial charge is 0.134 e. The van der Waals surface area contributed by atoms with Gasteiger partial charge in [0.25, 0.3) is 0 Å². The van der Waals surface area contributed by atoms with Gasteiger partial charge in [0.15, 0.2) is 0 Å². The summed E-state index contributed by atoms with van der Waals surface area (Å²) < 4.78 is 5.18. The summed E-state index contributed by atoms with van der Waals surface area (Å²) in [6.45, 7) is 3.84. The van der Waals surface area contributed by atoms with Crippen LogP contribution in [0.3, 0.4) is 0 Å². The van der Waals surface area contributed by atoms with Gasteiger partial charge < -0.3 is 4.74 Å². The molecule has 0 bridgehead atoms. The van der Waals surface area contributed by atoms with Gasteiger partial charge in [0.2, 0.25) is 0 Å². The molecule has 0 saturated carbocycles. The SMILES string of the molecule is C1#CC1N1CCOCC1. The molecule has 0 atom stereocenters. The molecule has 0 aromatic heterocycles. The first-order valence-electron chi connectivity index (χ1n) is 3.30. The van der Waals surface area contributed by atoms with Crippen molar-refractivity contribution >= 4 is 0 Å². The maximum atomic E-state index is 5.18. The molecule has 0 aromatic rings. The number of morpholine rings is 1. The Bertz CT molecular complexity index is 153. The molecular formula is C7H9NO. The van der Waals surface area contributed by atoms with Crippen LogP contribution < -0.4 is 0 Å². The normalized spacial score (nSPS) is 27.1. The van der Waals surface area contributed by atoms with E-state index in [1.807, 2.05) is 0 Å². The third-order valence-corrected chi connectivity index (χ3v) is 1.68. The first kappa shape index (κ1) is 5.28. The second kappa shape index (κ2) is 2.02. The number of rotatable bonds is 1. The van der Waals surface area contributed by atoms with Crippen LogP contribution in [0.4, 0.5) is 0 Å². The van der Waals surface area contributed by atoms with Gasteiger partial charge in [-0.15, -0.1) is 0 Å². The summed E-state index contributed by atoms with van der Waals surface area (Å²) in [5, 5.41) is 0. The minimum Gasteiger partial charge on any atom is -0.379 e. The molecule has 1 aliphatic heterocycles. The first-order chi connectivity index (χ1) is 4.47. The molecular weight excluding hydrogens is 114 g/mol. The summed E-state index contributed by atoms with van der Waals surface area (Å²) >= 11 is 0. The van der Waals surface area contributed by atoms with Crippen molar-refractivity contribution in [2.45, 2.75) is 6.04 Å². The van der Waals surface area contributed by atoms with Crippen LogP contribution in [0.1, 0.15) is 0 Å². The third-order valence-electron chi connectivity index (χ3n) is 1.68. The zero-order valence-electron chi connectivity index (χ0n) is 5.26. The van der Waals surface area contributed by atoms with Crippen LogP contribution >= 0.6 is 0 Å². The lowest BCUT2D eigenvalue weighted by Crippen LogP contribution is -2.38. The topological polar surface area (TPSA) is 12.5 Å². The molecule has 1 saturated heterocycles. The van der Waals surface area contributed by atoms with Gasteiger partial charge in [-0.3, -0.25) is 4.90 Å². The summed E-state index contributed by atoms with van der Waals surface area (Å²) in [5.74, 6) is 6.05. The molecule has 0 amide bonds. The molecule has 0 unspecified atom stereocenters. The van der Waals surface area contributed by atoms with Gasteiger partial charge in [0.1, 0.15) is 6.04 Å². The zero-order chi connectivity index (χ0) is 6.10. The van der Waals surface area contributed by atoms with E-state index >= 15 is 0 Å². The number of nitrogens with zero attached hydrogens (tertiary/aromatic N) is 1. The second-order valence-corrected chi connectivity index (χ2v) is 2.34. The predicted molar refractivity (Wildman–Crippen MR) is 34.0 cm³/mol. The van der Waals surface area contributed by atoms with E-state index in [4.69, 9.17) is 4.74 Å². The molecule has 1 fully saturated rings. The van der Waals surface area contributed by atoms with Crippen molar-refractivity contribution in [2.75, 3.05) is 26.3 Å². The van der Waals surface area contributed by atoms with Crippen molar-refractivity contribution < 1.29 is 4.74 Å². The van der Waals surface area contributed by atoms with E-state index in [1.54, 1.807) is 0 Å². The maximum Gasteiger partial charge on any atom is 0.134 e. The number of hydrogen-bond donors (Lipinski definition) is 0. The van der Waals surface area contributed by atoms with Crippen molar-refractivity contribution in [1.82, 2.24) is 4.90 Å². The van der Waals surface area contributed by atoms with Crippen molar-refractivity contribution in [3.8, 4) is 11.8 Å². The Labute approximate surface area is 54.8 Å². The number of ether oxygens (including phenoxy) is 1. The van der Waals surface area contributed by atoms with Crippen LogP contribution in [0.15, 0.2) is 0 Å². The molecule has 48 valence electrons. The van der Waals surface area contributed by atoms with Gasteiger partial charge >= 0.3 is 0 Å². The van der Waals surface area contributed by atoms with Crippen molar-refractivity contribution in [3.63, 3.8) is 0 Å². The first-order valence-corrected chi connectivity index (χ1v) is 3.30. The molecule has 9 heavy (non-hydrogen) atoms. The van der Waals surface area contributed by atoms with Crippen molar-refractivity contribution in [3.05, 3.63) is 0 Å². The number of hydrogen-bond acceptors (Lipinski definition) is 2. The molecule has 0 aromatic carbocycles. The lowest BCUT2D eigenvalue weighted by Gasteiger charge is -2.25. The summed E-state index contributed by atoms with van der Waals surface area (Å²) in [5.41, 5.74) is 0. The highest BCUT2D eigenvalue weighted by Gasteiger charge is 2.21. The van der Waals surface area contributed by atoms with Crippen LogP contribution in [-0.2, 0) is 4.74 Å². The fourth-order valence-electron chi connectivity index (χ4n) is 1.06. The Hall–Kier alpha value is -0.520. The molecule has 0 radical (unpaired) electrons. The van der Waals surface area contributed by atoms with E-state index in [9.17, 15) is 0 Å². The molecule has 1 heterocycles. The van der Waals surface area contributed by atoms with Gasteiger partial charge in [0, 0.05) is 13.1 Å². The standard InChI is InChI=1S/C7H9NO/c1-2-7(1)8-3-5-9-6-4-8/h7H,3-6H2. The highest BCUT2D eigenvalue weighted by Crippen LogP contribution is 2.07. The fraction of sp³-hybridized carbons (Fsp3) is 0.714. The highest BCUT2D eigenvalue weighted by molar-refractivity contribution is 5.36. The van der Waals surface area contributed by atoms with Crippen LogP contribution in [0.5, 0.6) is 0 Å².